The van der Waals surface area contributed by atoms with E-state index in [1.54, 1.807) is 6.20 Å². The predicted molar refractivity (Wildman–Crippen MR) is 68.8 cm³/mol. The topological polar surface area (TPSA) is 62.4 Å². The smallest absolute Gasteiger partial charge is 0.0772 e. The third kappa shape index (κ3) is 2.76. The summed E-state index contributed by atoms with van der Waals surface area (Å²) in [6.07, 6.45) is 6.44. The molecule has 0 aromatic carbocycles. The van der Waals surface area contributed by atoms with Gasteiger partial charge < -0.3 is 15.7 Å². The van der Waals surface area contributed by atoms with E-state index < -0.39 is 0 Å². The molecule has 1 aliphatic rings. The zero-order valence-corrected chi connectivity index (χ0v) is 10.2. The van der Waals surface area contributed by atoms with E-state index in [2.05, 4.69) is 16.0 Å². The van der Waals surface area contributed by atoms with E-state index >= 15 is 0 Å². The molecule has 2 rings (SSSR count). The predicted octanol–water partition coefficient (Wildman–Crippen LogP) is 1.28. The molecule has 94 valence electrons. The standard InChI is InChI=1S/C13H21N3O/c14-9-12-13(6-4-7-15-12)16-8-3-1-2-5-11(16)10-17/h4,6-7,11,17H,1-3,5,8-10,14H2. The first-order valence-corrected chi connectivity index (χ1v) is 6.38. The van der Waals surface area contributed by atoms with Gasteiger partial charge in [-0.3, -0.25) is 4.98 Å². The lowest BCUT2D eigenvalue weighted by Gasteiger charge is -2.31. The van der Waals surface area contributed by atoms with Gasteiger partial charge in [0.05, 0.1) is 24.0 Å². The van der Waals surface area contributed by atoms with E-state index in [0.29, 0.717) is 6.54 Å². The number of nitrogens with two attached hydrogens (primary N) is 1. The zero-order chi connectivity index (χ0) is 12.1. The van der Waals surface area contributed by atoms with E-state index in [9.17, 15) is 5.11 Å². The number of rotatable bonds is 3. The third-order valence-corrected chi connectivity index (χ3v) is 3.46. The molecule has 1 aromatic heterocycles. The lowest BCUT2D eigenvalue weighted by molar-refractivity contribution is 0.255. The normalized spacial score (nSPS) is 21.3. The molecule has 0 saturated carbocycles. The molecule has 0 bridgehead atoms. The molecule has 1 unspecified atom stereocenters. The van der Waals surface area contributed by atoms with Gasteiger partial charge in [-0.25, -0.2) is 0 Å². The van der Waals surface area contributed by atoms with Crippen molar-refractivity contribution in [3.05, 3.63) is 24.0 Å². The first kappa shape index (κ1) is 12.3. The summed E-state index contributed by atoms with van der Waals surface area (Å²) in [7, 11) is 0. The Labute approximate surface area is 102 Å². The van der Waals surface area contributed by atoms with Crippen LogP contribution in [0, 0.1) is 0 Å². The van der Waals surface area contributed by atoms with Gasteiger partial charge in [-0.2, -0.15) is 0 Å². The lowest BCUT2D eigenvalue weighted by atomic mass is 10.1. The van der Waals surface area contributed by atoms with Crippen molar-refractivity contribution >= 4 is 5.69 Å². The fraction of sp³-hybridized carbons (Fsp3) is 0.615. The largest absolute Gasteiger partial charge is 0.394 e. The minimum Gasteiger partial charge on any atom is -0.394 e. The number of hydrogen-bond acceptors (Lipinski definition) is 4. The molecular formula is C13H21N3O. The summed E-state index contributed by atoms with van der Waals surface area (Å²) in [5.41, 5.74) is 7.75. The highest BCUT2D eigenvalue weighted by atomic mass is 16.3. The molecule has 17 heavy (non-hydrogen) atoms. The maximum atomic E-state index is 9.52. The molecule has 0 aliphatic carbocycles. The minimum absolute atomic E-state index is 0.207. The van der Waals surface area contributed by atoms with Crippen LogP contribution in [0.25, 0.3) is 0 Å². The van der Waals surface area contributed by atoms with Crippen molar-refractivity contribution in [3.63, 3.8) is 0 Å². The van der Waals surface area contributed by atoms with Crippen LogP contribution in [0.1, 0.15) is 31.4 Å². The minimum atomic E-state index is 0.207. The molecule has 1 saturated heterocycles. The molecule has 1 aliphatic heterocycles. The summed E-state index contributed by atoms with van der Waals surface area (Å²) in [6.45, 7) is 1.65. The van der Waals surface area contributed by atoms with Crippen LogP contribution >= 0.6 is 0 Å². The Morgan fingerprint density at radius 3 is 3.06 bits per heavy atom. The van der Waals surface area contributed by atoms with Crippen LogP contribution in [0.2, 0.25) is 0 Å². The van der Waals surface area contributed by atoms with Gasteiger partial charge in [0.25, 0.3) is 0 Å². The Bertz CT molecular complexity index is 356. The highest BCUT2D eigenvalue weighted by molar-refractivity contribution is 5.51. The van der Waals surface area contributed by atoms with Crippen molar-refractivity contribution in [1.82, 2.24) is 4.98 Å². The van der Waals surface area contributed by atoms with Crippen LogP contribution < -0.4 is 10.6 Å². The Balaban J connectivity index is 2.28. The Kier molecular flexibility index (Phi) is 4.34. The van der Waals surface area contributed by atoms with Gasteiger partial charge in [0.2, 0.25) is 0 Å². The van der Waals surface area contributed by atoms with Crippen molar-refractivity contribution in [2.75, 3.05) is 18.1 Å². The monoisotopic (exact) mass is 235 g/mol. The van der Waals surface area contributed by atoms with Gasteiger partial charge in [-0.15, -0.1) is 0 Å². The van der Waals surface area contributed by atoms with Gasteiger partial charge in [0.1, 0.15) is 0 Å². The number of anilines is 1. The summed E-state index contributed by atoms with van der Waals surface area (Å²) >= 11 is 0. The van der Waals surface area contributed by atoms with Gasteiger partial charge in [-0.1, -0.05) is 12.8 Å². The van der Waals surface area contributed by atoms with Crippen molar-refractivity contribution in [2.45, 2.75) is 38.3 Å². The third-order valence-electron chi connectivity index (χ3n) is 3.46. The summed E-state index contributed by atoms with van der Waals surface area (Å²) in [6, 6.07) is 4.21. The number of aliphatic hydroxyl groups excluding tert-OH is 1. The molecule has 0 radical (unpaired) electrons. The molecule has 1 fully saturated rings. The van der Waals surface area contributed by atoms with Gasteiger partial charge in [0.15, 0.2) is 0 Å². The van der Waals surface area contributed by atoms with Crippen molar-refractivity contribution < 1.29 is 5.11 Å². The second kappa shape index (κ2) is 5.98. The highest BCUT2D eigenvalue weighted by Gasteiger charge is 2.22. The van der Waals surface area contributed by atoms with Crippen LogP contribution in [0.3, 0.4) is 0 Å². The van der Waals surface area contributed by atoms with Crippen LogP contribution in [-0.2, 0) is 6.54 Å². The molecule has 2 heterocycles. The Morgan fingerprint density at radius 2 is 2.29 bits per heavy atom. The molecular weight excluding hydrogens is 214 g/mol. The van der Waals surface area contributed by atoms with Crippen LogP contribution in [0.15, 0.2) is 18.3 Å². The Morgan fingerprint density at radius 1 is 1.41 bits per heavy atom. The SMILES string of the molecule is NCc1ncccc1N1CCCCCC1CO. The summed E-state index contributed by atoms with van der Waals surface area (Å²) < 4.78 is 0. The quantitative estimate of drug-likeness (QED) is 0.828. The first-order valence-electron chi connectivity index (χ1n) is 6.38. The van der Waals surface area contributed by atoms with Gasteiger partial charge >= 0.3 is 0 Å². The first-order chi connectivity index (χ1) is 8.36. The second-order valence-corrected chi connectivity index (χ2v) is 4.55. The summed E-state index contributed by atoms with van der Waals surface area (Å²) in [4.78, 5) is 6.60. The van der Waals surface area contributed by atoms with Gasteiger partial charge in [-0.05, 0) is 25.0 Å². The zero-order valence-electron chi connectivity index (χ0n) is 10.2. The fourth-order valence-electron chi connectivity index (χ4n) is 2.53. The number of hydrogen-bond donors (Lipinski definition) is 2. The molecule has 0 amide bonds. The average molecular weight is 235 g/mol. The highest BCUT2D eigenvalue weighted by Crippen LogP contribution is 2.25. The summed E-state index contributed by atoms with van der Waals surface area (Å²) in [5, 5.41) is 9.52. The van der Waals surface area contributed by atoms with E-state index in [0.717, 1.165) is 24.3 Å². The van der Waals surface area contributed by atoms with Crippen molar-refractivity contribution in [2.24, 2.45) is 5.73 Å². The van der Waals surface area contributed by atoms with E-state index in [1.807, 2.05) is 6.07 Å². The number of aliphatic hydroxyl groups is 1. The number of nitrogens with zero attached hydrogens (tertiary/aromatic N) is 2. The van der Waals surface area contributed by atoms with E-state index in [4.69, 9.17) is 5.73 Å². The van der Waals surface area contributed by atoms with Crippen molar-refractivity contribution in [3.8, 4) is 0 Å². The van der Waals surface area contributed by atoms with Crippen LogP contribution in [0.4, 0.5) is 5.69 Å². The van der Waals surface area contributed by atoms with E-state index in [-0.39, 0.29) is 12.6 Å². The molecule has 4 nitrogen and oxygen atoms in total. The average Bonchev–Trinajstić information content (AvgIpc) is 2.63. The number of pyridine rings is 1. The Hall–Kier alpha value is -1.13. The second-order valence-electron chi connectivity index (χ2n) is 4.55. The number of aromatic nitrogens is 1. The van der Waals surface area contributed by atoms with Crippen LogP contribution in [-0.4, -0.2) is 29.3 Å². The molecule has 4 heteroatoms. The van der Waals surface area contributed by atoms with Crippen molar-refractivity contribution in [1.29, 1.82) is 0 Å². The van der Waals surface area contributed by atoms with E-state index in [1.165, 1.54) is 19.3 Å². The molecule has 3 N–H and O–H groups in total. The molecule has 1 atom stereocenters. The molecule has 1 aromatic rings. The maximum absolute atomic E-state index is 9.52. The van der Waals surface area contributed by atoms with Crippen LogP contribution in [0.5, 0.6) is 0 Å². The summed E-state index contributed by atoms with van der Waals surface area (Å²) in [5.74, 6) is 0. The lowest BCUT2D eigenvalue weighted by Crippen LogP contribution is -2.38. The molecule has 0 spiro atoms. The fourth-order valence-corrected chi connectivity index (χ4v) is 2.53. The maximum Gasteiger partial charge on any atom is 0.0772 e. The van der Waals surface area contributed by atoms with Gasteiger partial charge in [0, 0.05) is 19.3 Å².